The number of amides is 3. The lowest BCUT2D eigenvalue weighted by molar-refractivity contribution is -0.127. The molecule has 9 heteroatoms. The quantitative estimate of drug-likeness (QED) is 0.653. The minimum absolute atomic E-state index is 0.149. The minimum Gasteiger partial charge on any atom is -0.349 e. The van der Waals surface area contributed by atoms with Crippen LogP contribution in [-0.4, -0.2) is 40.2 Å². The van der Waals surface area contributed by atoms with E-state index in [9.17, 15) is 14.4 Å². The summed E-state index contributed by atoms with van der Waals surface area (Å²) < 4.78 is 2.78. The van der Waals surface area contributed by atoms with Gasteiger partial charge in [0.1, 0.15) is 5.65 Å². The zero-order chi connectivity index (χ0) is 16.8. The van der Waals surface area contributed by atoms with Crippen molar-refractivity contribution in [2.24, 2.45) is 0 Å². The molecule has 0 saturated carbocycles. The first kappa shape index (κ1) is 16.9. The molecule has 2 aromatic heterocycles. The molecule has 23 heavy (non-hydrogen) atoms. The molecule has 0 atom stereocenters. The summed E-state index contributed by atoms with van der Waals surface area (Å²) in [6.07, 6.45) is 3.69. The predicted molar refractivity (Wildman–Crippen MR) is 86.4 cm³/mol. The summed E-state index contributed by atoms with van der Waals surface area (Å²) in [5.74, 6) is -1.06. The Morgan fingerprint density at radius 2 is 1.78 bits per heavy atom. The molecule has 122 valence electrons. The first-order valence-corrected chi connectivity index (χ1v) is 7.64. The van der Waals surface area contributed by atoms with Gasteiger partial charge in [0.05, 0.1) is 25.3 Å². The van der Waals surface area contributed by atoms with Crippen molar-refractivity contribution >= 4 is 39.3 Å². The van der Waals surface area contributed by atoms with E-state index in [1.54, 1.807) is 0 Å². The molecule has 0 aliphatic rings. The highest BCUT2D eigenvalue weighted by molar-refractivity contribution is 9.10. The largest absolute Gasteiger partial charge is 0.349 e. The number of carbonyl (C=O) groups excluding carboxylic acids is 3. The van der Waals surface area contributed by atoms with E-state index < -0.39 is 5.91 Å². The zero-order valence-corrected chi connectivity index (χ0v) is 14.0. The van der Waals surface area contributed by atoms with Crippen molar-refractivity contribution in [1.29, 1.82) is 0 Å². The highest BCUT2D eigenvalue weighted by Crippen LogP contribution is 2.12. The van der Waals surface area contributed by atoms with Crippen molar-refractivity contribution in [3.63, 3.8) is 0 Å². The van der Waals surface area contributed by atoms with Gasteiger partial charge in [0.15, 0.2) is 0 Å². The van der Waals surface area contributed by atoms with Crippen LogP contribution in [0.2, 0.25) is 0 Å². The molecule has 3 N–H and O–H groups in total. The fraction of sp³-hybridized carbons (Fsp3) is 0.286. The van der Waals surface area contributed by atoms with Gasteiger partial charge < -0.3 is 20.4 Å². The van der Waals surface area contributed by atoms with Crippen LogP contribution < -0.4 is 16.0 Å². The predicted octanol–water partition coefficient (Wildman–Crippen LogP) is -0.0347. The molecule has 2 heterocycles. The summed E-state index contributed by atoms with van der Waals surface area (Å²) in [6.45, 7) is 1.27. The number of carbonyl (C=O) groups is 3. The van der Waals surface area contributed by atoms with Gasteiger partial charge in [0.25, 0.3) is 0 Å². The fourth-order valence-corrected chi connectivity index (χ4v) is 2.15. The summed E-state index contributed by atoms with van der Waals surface area (Å²) in [5.41, 5.74) is 1.49. The molecular weight excluding hydrogens is 366 g/mol. The molecule has 0 spiro atoms. The third kappa shape index (κ3) is 5.37. The van der Waals surface area contributed by atoms with Gasteiger partial charge in [-0.05, 0) is 28.1 Å². The van der Waals surface area contributed by atoms with Gasteiger partial charge in [0, 0.05) is 23.8 Å². The topological polar surface area (TPSA) is 105 Å². The van der Waals surface area contributed by atoms with Crippen LogP contribution in [0.5, 0.6) is 0 Å². The number of pyridine rings is 1. The van der Waals surface area contributed by atoms with E-state index in [0.717, 1.165) is 10.1 Å². The monoisotopic (exact) mass is 381 g/mol. The van der Waals surface area contributed by atoms with E-state index in [1.807, 2.05) is 28.9 Å². The average Bonchev–Trinajstić information content (AvgIpc) is 2.90. The lowest BCUT2D eigenvalue weighted by atomic mass is 10.4. The standard InChI is InChI=1S/C14H16BrN5O3/c1-9(21)16-5-13(22)18-6-14(23)17-4-11-8-20-7-10(15)2-3-12(20)19-11/h2-3,7-8H,4-6H2,1H3,(H,16,21)(H,17,23)(H,18,22). The Balaban J connectivity index is 1.77. The second kappa shape index (κ2) is 7.73. The average molecular weight is 382 g/mol. The van der Waals surface area contributed by atoms with Gasteiger partial charge in [-0.25, -0.2) is 4.98 Å². The van der Waals surface area contributed by atoms with Crippen LogP contribution in [0.25, 0.3) is 5.65 Å². The van der Waals surface area contributed by atoms with Crippen molar-refractivity contribution < 1.29 is 14.4 Å². The molecule has 0 unspecified atom stereocenters. The Morgan fingerprint density at radius 1 is 1.09 bits per heavy atom. The van der Waals surface area contributed by atoms with Crippen LogP contribution in [0.15, 0.2) is 29.0 Å². The van der Waals surface area contributed by atoms with Crippen LogP contribution in [0.1, 0.15) is 12.6 Å². The zero-order valence-electron chi connectivity index (χ0n) is 12.4. The molecule has 0 bridgehead atoms. The maximum absolute atomic E-state index is 11.7. The second-order valence-corrected chi connectivity index (χ2v) is 5.72. The lowest BCUT2D eigenvalue weighted by Crippen LogP contribution is -2.41. The van der Waals surface area contributed by atoms with Crippen molar-refractivity contribution in [2.45, 2.75) is 13.5 Å². The summed E-state index contributed by atoms with van der Waals surface area (Å²) in [7, 11) is 0. The number of nitrogens with one attached hydrogen (secondary N) is 3. The molecule has 8 nitrogen and oxygen atoms in total. The van der Waals surface area contributed by atoms with E-state index in [-0.39, 0.29) is 31.4 Å². The Kier molecular flexibility index (Phi) is 5.69. The summed E-state index contributed by atoms with van der Waals surface area (Å²) in [4.78, 5) is 38.0. The number of halogens is 1. The smallest absolute Gasteiger partial charge is 0.239 e. The molecule has 2 rings (SSSR count). The number of hydrogen-bond acceptors (Lipinski definition) is 4. The molecule has 0 radical (unpaired) electrons. The van der Waals surface area contributed by atoms with Crippen LogP contribution in [0.4, 0.5) is 0 Å². The van der Waals surface area contributed by atoms with Crippen molar-refractivity contribution in [3.05, 3.63) is 34.7 Å². The van der Waals surface area contributed by atoms with Crippen LogP contribution >= 0.6 is 15.9 Å². The first-order chi connectivity index (χ1) is 10.9. The third-order valence-corrected chi connectivity index (χ3v) is 3.34. The molecule has 0 aliphatic heterocycles. The summed E-state index contributed by atoms with van der Waals surface area (Å²) >= 11 is 3.37. The Labute approximate surface area is 140 Å². The van der Waals surface area contributed by atoms with Gasteiger partial charge >= 0.3 is 0 Å². The molecular formula is C14H16BrN5O3. The maximum atomic E-state index is 11.7. The minimum atomic E-state index is -0.423. The van der Waals surface area contributed by atoms with Crippen molar-refractivity contribution in [1.82, 2.24) is 25.3 Å². The fourth-order valence-electron chi connectivity index (χ4n) is 1.80. The van der Waals surface area contributed by atoms with Gasteiger partial charge in [-0.2, -0.15) is 0 Å². The van der Waals surface area contributed by atoms with E-state index in [1.165, 1.54) is 6.92 Å². The van der Waals surface area contributed by atoms with E-state index in [4.69, 9.17) is 0 Å². The SMILES string of the molecule is CC(=O)NCC(=O)NCC(=O)NCc1cn2cc(Br)ccc2n1. The Hall–Kier alpha value is -2.42. The highest BCUT2D eigenvalue weighted by atomic mass is 79.9. The molecule has 0 aromatic carbocycles. The number of rotatable bonds is 6. The van der Waals surface area contributed by atoms with Gasteiger partial charge in [-0.3, -0.25) is 14.4 Å². The first-order valence-electron chi connectivity index (χ1n) is 6.85. The van der Waals surface area contributed by atoms with Crippen molar-refractivity contribution in [2.75, 3.05) is 13.1 Å². The van der Waals surface area contributed by atoms with Crippen molar-refractivity contribution in [3.8, 4) is 0 Å². The van der Waals surface area contributed by atoms with E-state index in [0.29, 0.717) is 5.69 Å². The second-order valence-electron chi connectivity index (χ2n) is 4.81. The normalized spacial score (nSPS) is 10.3. The van der Waals surface area contributed by atoms with E-state index in [2.05, 4.69) is 36.9 Å². The summed E-state index contributed by atoms with van der Waals surface area (Å²) in [5, 5.41) is 7.42. The highest BCUT2D eigenvalue weighted by Gasteiger charge is 2.07. The van der Waals surface area contributed by atoms with Crippen LogP contribution in [-0.2, 0) is 20.9 Å². The van der Waals surface area contributed by atoms with Crippen LogP contribution in [0, 0.1) is 0 Å². The number of hydrogen-bond donors (Lipinski definition) is 3. The molecule has 3 amide bonds. The molecule has 0 fully saturated rings. The molecule has 2 aromatic rings. The maximum Gasteiger partial charge on any atom is 0.239 e. The van der Waals surface area contributed by atoms with Gasteiger partial charge in [-0.15, -0.1) is 0 Å². The number of nitrogens with zero attached hydrogens (tertiary/aromatic N) is 2. The van der Waals surface area contributed by atoms with Gasteiger partial charge in [0.2, 0.25) is 17.7 Å². The Morgan fingerprint density at radius 3 is 2.52 bits per heavy atom. The summed E-state index contributed by atoms with van der Waals surface area (Å²) in [6, 6.07) is 3.74. The molecule has 0 aliphatic carbocycles. The third-order valence-electron chi connectivity index (χ3n) is 2.88. The van der Waals surface area contributed by atoms with Gasteiger partial charge in [-0.1, -0.05) is 0 Å². The number of aromatic nitrogens is 2. The van der Waals surface area contributed by atoms with Crippen LogP contribution in [0.3, 0.4) is 0 Å². The number of imidazole rings is 1. The number of fused-ring (bicyclic) bond motifs is 1. The Bertz CT molecular complexity index is 743. The molecule has 0 saturated heterocycles. The lowest BCUT2D eigenvalue weighted by Gasteiger charge is -2.06. The van der Waals surface area contributed by atoms with E-state index >= 15 is 0 Å².